The third-order valence-corrected chi connectivity index (χ3v) is 2.97. The number of halogens is 1. The van der Waals surface area contributed by atoms with Crippen molar-refractivity contribution in [1.29, 1.82) is 0 Å². The van der Waals surface area contributed by atoms with Gasteiger partial charge in [-0.2, -0.15) is 5.10 Å². The first-order valence-electron chi connectivity index (χ1n) is 6.22. The van der Waals surface area contributed by atoms with Gasteiger partial charge < -0.3 is 9.72 Å². The summed E-state index contributed by atoms with van der Waals surface area (Å²) in [7, 11) is 0. The van der Waals surface area contributed by atoms with E-state index in [4.69, 9.17) is 0 Å². The molecule has 3 aromatic rings. The zero-order valence-electron chi connectivity index (χ0n) is 10.9. The molecule has 0 unspecified atom stereocenters. The molecule has 2 aromatic heterocycles. The highest BCUT2D eigenvalue weighted by atomic mass is 19.1. The third-order valence-electron chi connectivity index (χ3n) is 2.97. The molecule has 0 saturated heterocycles. The highest BCUT2D eigenvalue weighted by Crippen LogP contribution is 2.08. The molecule has 0 aliphatic rings. The van der Waals surface area contributed by atoms with Gasteiger partial charge in [-0.1, -0.05) is 0 Å². The second-order valence-corrected chi connectivity index (χ2v) is 4.45. The summed E-state index contributed by atoms with van der Waals surface area (Å²) in [6, 6.07) is 8.75. The van der Waals surface area contributed by atoms with Crippen LogP contribution in [0, 0.1) is 5.82 Å². The normalized spacial score (nSPS) is 10.7. The summed E-state index contributed by atoms with van der Waals surface area (Å²) >= 11 is 0. The van der Waals surface area contributed by atoms with Crippen molar-refractivity contribution in [2.45, 2.75) is 6.54 Å². The fourth-order valence-corrected chi connectivity index (χ4v) is 1.96. The second kappa shape index (κ2) is 5.20. The van der Waals surface area contributed by atoms with Crippen LogP contribution in [0.2, 0.25) is 0 Å². The van der Waals surface area contributed by atoms with Crippen LogP contribution in [0.3, 0.4) is 0 Å². The van der Waals surface area contributed by atoms with Gasteiger partial charge in [0.25, 0.3) is 5.56 Å². The Balaban J connectivity index is 1.78. The number of carbonyl (C=O) groups excluding carboxylic acids is 1. The molecular weight excluding hydrogens is 275 g/mol. The van der Waals surface area contributed by atoms with Gasteiger partial charge in [-0.15, -0.1) is 0 Å². The predicted molar refractivity (Wildman–Crippen MR) is 74.5 cm³/mol. The van der Waals surface area contributed by atoms with Crippen LogP contribution in [0.1, 0.15) is 0 Å². The van der Waals surface area contributed by atoms with Crippen LogP contribution >= 0.6 is 0 Å². The average molecular weight is 286 g/mol. The third kappa shape index (κ3) is 2.66. The molecule has 1 amide bonds. The van der Waals surface area contributed by atoms with Crippen LogP contribution in [0.15, 0.2) is 53.7 Å². The van der Waals surface area contributed by atoms with Crippen molar-refractivity contribution in [3.63, 3.8) is 0 Å². The van der Waals surface area contributed by atoms with Gasteiger partial charge in [0.05, 0.1) is 0 Å². The standard InChI is InChI=1S/C14H11FN4O2/c15-10-3-5-11(6-4-10)17-13(20)8-19-14(21)12-2-1-7-18(12)9-16-19/h1-7,9H,8H2,(H,17,20). The van der Waals surface area contributed by atoms with Crippen molar-refractivity contribution in [2.75, 3.05) is 5.32 Å². The minimum atomic E-state index is -0.410. The maximum Gasteiger partial charge on any atom is 0.291 e. The van der Waals surface area contributed by atoms with E-state index < -0.39 is 5.91 Å². The number of amides is 1. The first-order chi connectivity index (χ1) is 10.1. The number of hydrogen-bond donors (Lipinski definition) is 1. The van der Waals surface area contributed by atoms with Crippen LogP contribution in [0.5, 0.6) is 0 Å². The first-order valence-corrected chi connectivity index (χ1v) is 6.22. The number of benzene rings is 1. The zero-order valence-corrected chi connectivity index (χ0v) is 10.9. The summed E-state index contributed by atoms with van der Waals surface area (Å²) < 4.78 is 15.4. The van der Waals surface area contributed by atoms with Crippen molar-refractivity contribution >= 4 is 17.1 Å². The summed E-state index contributed by atoms with van der Waals surface area (Å²) in [5, 5.41) is 6.50. The van der Waals surface area contributed by atoms with E-state index in [0.717, 1.165) is 4.68 Å². The van der Waals surface area contributed by atoms with Crippen molar-refractivity contribution in [2.24, 2.45) is 0 Å². The van der Waals surface area contributed by atoms with Gasteiger partial charge in [-0.25, -0.2) is 9.07 Å². The van der Waals surface area contributed by atoms with E-state index in [0.29, 0.717) is 11.2 Å². The molecule has 2 heterocycles. The molecule has 6 nitrogen and oxygen atoms in total. The van der Waals surface area contributed by atoms with E-state index in [1.807, 2.05) is 0 Å². The zero-order chi connectivity index (χ0) is 14.8. The van der Waals surface area contributed by atoms with Crippen LogP contribution < -0.4 is 10.9 Å². The molecule has 0 bridgehead atoms. The lowest BCUT2D eigenvalue weighted by Gasteiger charge is -2.07. The minimum absolute atomic E-state index is 0.210. The number of fused-ring (bicyclic) bond motifs is 1. The second-order valence-electron chi connectivity index (χ2n) is 4.45. The topological polar surface area (TPSA) is 68.4 Å². The Kier molecular flexibility index (Phi) is 3.23. The fourth-order valence-electron chi connectivity index (χ4n) is 1.96. The maximum absolute atomic E-state index is 12.8. The molecule has 21 heavy (non-hydrogen) atoms. The highest BCUT2D eigenvalue weighted by molar-refractivity contribution is 5.90. The lowest BCUT2D eigenvalue weighted by Crippen LogP contribution is -2.30. The van der Waals surface area contributed by atoms with Crippen molar-refractivity contribution in [3.8, 4) is 0 Å². The lowest BCUT2D eigenvalue weighted by molar-refractivity contribution is -0.117. The molecule has 1 N–H and O–H groups in total. The smallest absolute Gasteiger partial charge is 0.291 e. The van der Waals surface area contributed by atoms with Gasteiger partial charge >= 0.3 is 0 Å². The summed E-state index contributed by atoms with van der Waals surface area (Å²) in [5.41, 5.74) is 0.551. The van der Waals surface area contributed by atoms with E-state index >= 15 is 0 Å². The molecule has 0 radical (unpaired) electrons. The van der Waals surface area contributed by atoms with E-state index in [2.05, 4.69) is 10.4 Å². The van der Waals surface area contributed by atoms with Gasteiger partial charge in [0.2, 0.25) is 5.91 Å². The van der Waals surface area contributed by atoms with Gasteiger partial charge in [0, 0.05) is 11.9 Å². The van der Waals surface area contributed by atoms with Crippen LogP contribution in [-0.4, -0.2) is 20.1 Å². The average Bonchev–Trinajstić information content (AvgIpc) is 2.94. The van der Waals surface area contributed by atoms with Gasteiger partial charge in [0.15, 0.2) is 0 Å². The molecule has 3 rings (SSSR count). The van der Waals surface area contributed by atoms with Crippen molar-refractivity contribution < 1.29 is 9.18 Å². The Bertz CT molecular complexity index is 851. The first kappa shape index (κ1) is 13.0. The Morgan fingerprint density at radius 1 is 1.24 bits per heavy atom. The van der Waals surface area contributed by atoms with Crippen LogP contribution in [0.4, 0.5) is 10.1 Å². The van der Waals surface area contributed by atoms with Gasteiger partial charge in [0.1, 0.15) is 24.2 Å². The Morgan fingerprint density at radius 3 is 2.76 bits per heavy atom. The number of aromatic nitrogens is 3. The summed E-state index contributed by atoms with van der Waals surface area (Å²) in [6.45, 7) is -0.210. The highest BCUT2D eigenvalue weighted by Gasteiger charge is 2.08. The monoisotopic (exact) mass is 286 g/mol. The Labute approximate surface area is 118 Å². The quantitative estimate of drug-likeness (QED) is 0.788. The molecule has 0 saturated carbocycles. The minimum Gasteiger partial charge on any atom is -0.324 e. The van der Waals surface area contributed by atoms with E-state index in [1.54, 1.807) is 22.7 Å². The predicted octanol–water partition coefficient (Wildman–Crippen LogP) is 1.27. The largest absolute Gasteiger partial charge is 0.324 e. The lowest BCUT2D eigenvalue weighted by atomic mass is 10.3. The summed E-state index contributed by atoms with van der Waals surface area (Å²) in [4.78, 5) is 24.0. The van der Waals surface area contributed by atoms with Gasteiger partial charge in [-0.05, 0) is 36.4 Å². The molecule has 7 heteroatoms. The molecule has 0 fully saturated rings. The van der Waals surface area contributed by atoms with E-state index in [-0.39, 0.29) is 17.9 Å². The summed E-state index contributed by atoms with van der Waals surface area (Å²) in [5.74, 6) is -0.795. The van der Waals surface area contributed by atoms with Crippen LogP contribution in [-0.2, 0) is 11.3 Å². The number of nitrogens with one attached hydrogen (secondary N) is 1. The number of nitrogens with zero attached hydrogens (tertiary/aromatic N) is 3. The molecular formula is C14H11FN4O2. The number of rotatable bonds is 3. The molecule has 106 valence electrons. The van der Waals surface area contributed by atoms with E-state index in [9.17, 15) is 14.0 Å². The fraction of sp³-hybridized carbons (Fsp3) is 0.0714. The molecule has 0 aliphatic heterocycles. The van der Waals surface area contributed by atoms with E-state index in [1.165, 1.54) is 30.6 Å². The Hall–Kier alpha value is -2.96. The molecule has 0 atom stereocenters. The summed E-state index contributed by atoms with van der Waals surface area (Å²) in [6.07, 6.45) is 3.16. The van der Waals surface area contributed by atoms with Gasteiger partial charge in [-0.3, -0.25) is 9.59 Å². The molecule has 1 aromatic carbocycles. The molecule has 0 aliphatic carbocycles. The van der Waals surface area contributed by atoms with Crippen molar-refractivity contribution in [3.05, 3.63) is 65.1 Å². The SMILES string of the molecule is O=C(Cn1ncn2cccc2c1=O)Nc1ccc(F)cc1. The molecule has 0 spiro atoms. The number of hydrogen-bond acceptors (Lipinski definition) is 3. The van der Waals surface area contributed by atoms with Crippen molar-refractivity contribution in [1.82, 2.24) is 14.2 Å². The van der Waals surface area contributed by atoms with Crippen LogP contribution in [0.25, 0.3) is 5.52 Å². The number of anilines is 1. The Morgan fingerprint density at radius 2 is 2.00 bits per heavy atom. The number of carbonyl (C=O) groups is 1. The maximum atomic E-state index is 12.8.